The SMILES string of the molecule is CCOC(=O)c1cc(=O)c(C#N)c(C(F)F)[nH]1. The summed E-state index contributed by atoms with van der Waals surface area (Å²) in [6.07, 6.45) is -3.05. The summed E-state index contributed by atoms with van der Waals surface area (Å²) >= 11 is 0. The number of carbonyl (C=O) groups is 1. The quantitative estimate of drug-likeness (QED) is 0.811. The number of rotatable bonds is 3. The first-order valence-corrected chi connectivity index (χ1v) is 4.63. The molecule has 0 amide bonds. The number of carbonyl (C=O) groups excluding carboxylic acids is 1. The van der Waals surface area contributed by atoms with Crippen LogP contribution in [0.1, 0.15) is 35.1 Å². The zero-order chi connectivity index (χ0) is 13.0. The van der Waals surface area contributed by atoms with Gasteiger partial charge in [0.15, 0.2) is 0 Å². The van der Waals surface area contributed by atoms with Gasteiger partial charge in [0.2, 0.25) is 5.43 Å². The van der Waals surface area contributed by atoms with Crippen LogP contribution in [0.3, 0.4) is 0 Å². The van der Waals surface area contributed by atoms with Crippen LogP contribution in [0.2, 0.25) is 0 Å². The molecule has 0 unspecified atom stereocenters. The first-order chi connectivity index (χ1) is 8.01. The lowest BCUT2D eigenvalue weighted by atomic mass is 10.2. The minimum Gasteiger partial charge on any atom is -0.461 e. The largest absolute Gasteiger partial charge is 0.461 e. The van der Waals surface area contributed by atoms with Crippen molar-refractivity contribution in [3.05, 3.63) is 33.2 Å². The molecule has 1 aromatic rings. The third-order valence-electron chi connectivity index (χ3n) is 1.89. The lowest BCUT2D eigenvalue weighted by molar-refractivity contribution is 0.0517. The van der Waals surface area contributed by atoms with E-state index in [2.05, 4.69) is 4.74 Å². The molecule has 0 fully saturated rings. The lowest BCUT2D eigenvalue weighted by Gasteiger charge is -2.06. The van der Waals surface area contributed by atoms with Crippen LogP contribution in [-0.4, -0.2) is 17.6 Å². The number of hydrogen-bond donors (Lipinski definition) is 1. The molecule has 0 saturated heterocycles. The fraction of sp³-hybridized carbons (Fsp3) is 0.300. The van der Waals surface area contributed by atoms with Crippen molar-refractivity contribution in [2.24, 2.45) is 0 Å². The molecule has 0 aliphatic rings. The second-order valence-corrected chi connectivity index (χ2v) is 2.97. The Hall–Kier alpha value is -2.23. The molecule has 0 aliphatic heterocycles. The smallest absolute Gasteiger partial charge is 0.354 e. The Morgan fingerprint density at radius 2 is 2.29 bits per heavy atom. The van der Waals surface area contributed by atoms with E-state index in [-0.39, 0.29) is 6.61 Å². The van der Waals surface area contributed by atoms with Crippen LogP contribution in [0.15, 0.2) is 10.9 Å². The van der Waals surface area contributed by atoms with Gasteiger partial charge in [-0.15, -0.1) is 0 Å². The summed E-state index contributed by atoms with van der Waals surface area (Å²) in [7, 11) is 0. The van der Waals surface area contributed by atoms with Gasteiger partial charge in [0.25, 0.3) is 6.43 Å². The van der Waals surface area contributed by atoms with Gasteiger partial charge >= 0.3 is 5.97 Å². The molecular formula is C10H8F2N2O3. The van der Waals surface area contributed by atoms with E-state index in [4.69, 9.17) is 5.26 Å². The van der Waals surface area contributed by atoms with Crippen molar-refractivity contribution >= 4 is 5.97 Å². The summed E-state index contributed by atoms with van der Waals surface area (Å²) in [5.41, 5.74) is -2.91. The molecule has 5 nitrogen and oxygen atoms in total. The Kier molecular flexibility index (Phi) is 3.93. The van der Waals surface area contributed by atoms with Gasteiger partial charge in [0.05, 0.1) is 6.61 Å². The van der Waals surface area contributed by atoms with Gasteiger partial charge in [-0.05, 0) is 6.92 Å². The average Bonchev–Trinajstić information content (AvgIpc) is 2.28. The van der Waals surface area contributed by atoms with Gasteiger partial charge in [-0.1, -0.05) is 0 Å². The number of nitrogens with one attached hydrogen (secondary N) is 1. The molecule has 1 heterocycles. The van der Waals surface area contributed by atoms with Crippen molar-refractivity contribution in [1.29, 1.82) is 5.26 Å². The molecule has 90 valence electrons. The van der Waals surface area contributed by atoms with Crippen molar-refractivity contribution in [2.75, 3.05) is 6.61 Å². The van der Waals surface area contributed by atoms with Crippen molar-refractivity contribution in [3.8, 4) is 6.07 Å². The number of halogens is 2. The van der Waals surface area contributed by atoms with Crippen molar-refractivity contribution < 1.29 is 18.3 Å². The molecule has 0 aromatic carbocycles. The Bertz CT molecular complexity index is 531. The first-order valence-electron chi connectivity index (χ1n) is 4.63. The molecule has 1 aromatic heterocycles. The number of aromatic nitrogens is 1. The minimum absolute atomic E-state index is 0.0465. The molecule has 0 saturated carbocycles. The summed E-state index contributed by atoms with van der Waals surface area (Å²) in [5, 5.41) is 8.56. The van der Waals surface area contributed by atoms with Gasteiger partial charge < -0.3 is 9.72 Å². The third kappa shape index (κ3) is 2.66. The number of ether oxygens (including phenoxy) is 1. The number of nitriles is 1. The number of aromatic amines is 1. The monoisotopic (exact) mass is 242 g/mol. The van der Waals surface area contributed by atoms with Crippen LogP contribution in [-0.2, 0) is 4.74 Å². The van der Waals surface area contributed by atoms with Gasteiger partial charge in [-0.3, -0.25) is 4.79 Å². The highest BCUT2D eigenvalue weighted by Gasteiger charge is 2.20. The Morgan fingerprint density at radius 3 is 2.76 bits per heavy atom. The number of pyridine rings is 1. The van der Waals surface area contributed by atoms with Crippen molar-refractivity contribution in [3.63, 3.8) is 0 Å². The second-order valence-electron chi connectivity index (χ2n) is 2.97. The molecule has 0 bridgehead atoms. The molecule has 0 aliphatic carbocycles. The number of hydrogen-bond acceptors (Lipinski definition) is 4. The summed E-state index contributed by atoms with van der Waals surface area (Å²) < 4.78 is 29.7. The summed E-state index contributed by atoms with van der Waals surface area (Å²) in [6, 6.07) is 2.13. The van der Waals surface area contributed by atoms with E-state index < -0.39 is 34.8 Å². The molecule has 0 radical (unpaired) electrons. The fourth-order valence-corrected chi connectivity index (χ4v) is 1.18. The maximum atomic E-state index is 12.6. The van der Waals surface area contributed by atoms with E-state index in [1.165, 1.54) is 13.0 Å². The maximum Gasteiger partial charge on any atom is 0.354 e. The Labute approximate surface area is 94.6 Å². The predicted molar refractivity (Wildman–Crippen MR) is 52.7 cm³/mol. The maximum absolute atomic E-state index is 12.6. The van der Waals surface area contributed by atoms with Crippen LogP contribution >= 0.6 is 0 Å². The van der Waals surface area contributed by atoms with Gasteiger partial charge in [-0.25, -0.2) is 13.6 Å². The van der Waals surface area contributed by atoms with Crippen LogP contribution in [0.25, 0.3) is 0 Å². The molecule has 1 N–H and O–H groups in total. The van der Waals surface area contributed by atoms with E-state index in [1.807, 2.05) is 4.98 Å². The zero-order valence-corrected chi connectivity index (χ0v) is 8.79. The number of H-pyrrole nitrogens is 1. The van der Waals surface area contributed by atoms with E-state index in [1.54, 1.807) is 0 Å². The molecular weight excluding hydrogens is 234 g/mol. The van der Waals surface area contributed by atoms with Crippen LogP contribution in [0, 0.1) is 11.3 Å². The summed E-state index contributed by atoms with van der Waals surface area (Å²) in [6.45, 7) is 1.58. The van der Waals surface area contributed by atoms with E-state index in [9.17, 15) is 18.4 Å². The highest BCUT2D eigenvalue weighted by atomic mass is 19.3. The van der Waals surface area contributed by atoms with Gasteiger partial charge in [0, 0.05) is 6.07 Å². The first kappa shape index (κ1) is 12.8. The highest BCUT2D eigenvalue weighted by Crippen LogP contribution is 2.18. The summed E-state index contributed by atoms with van der Waals surface area (Å²) in [5.74, 6) is -0.920. The van der Waals surface area contributed by atoms with E-state index in [0.717, 1.165) is 6.07 Å². The molecule has 17 heavy (non-hydrogen) atoms. The Balaban J connectivity index is 3.36. The molecule has 7 heteroatoms. The topological polar surface area (TPSA) is 82.9 Å². The van der Waals surface area contributed by atoms with Crippen LogP contribution < -0.4 is 5.43 Å². The van der Waals surface area contributed by atoms with Gasteiger partial charge in [0.1, 0.15) is 23.0 Å². The predicted octanol–water partition coefficient (Wildman–Crippen LogP) is 1.36. The summed E-state index contributed by atoms with van der Waals surface area (Å²) in [4.78, 5) is 24.6. The Morgan fingerprint density at radius 1 is 1.65 bits per heavy atom. The normalized spacial score (nSPS) is 10.1. The average molecular weight is 242 g/mol. The standard InChI is InChI=1S/C10H8F2N2O3/c1-2-17-10(16)6-3-7(15)5(4-13)8(14-6)9(11)12/h3,9H,2H2,1H3,(H,14,15). The molecule has 0 atom stereocenters. The fourth-order valence-electron chi connectivity index (χ4n) is 1.18. The van der Waals surface area contributed by atoms with E-state index in [0.29, 0.717) is 0 Å². The van der Waals surface area contributed by atoms with E-state index >= 15 is 0 Å². The molecule has 0 spiro atoms. The number of nitrogens with zero attached hydrogens (tertiary/aromatic N) is 1. The van der Waals surface area contributed by atoms with Crippen molar-refractivity contribution in [1.82, 2.24) is 4.98 Å². The van der Waals surface area contributed by atoms with Gasteiger partial charge in [-0.2, -0.15) is 5.26 Å². The third-order valence-corrected chi connectivity index (χ3v) is 1.89. The minimum atomic E-state index is -3.05. The van der Waals surface area contributed by atoms with Crippen molar-refractivity contribution in [2.45, 2.75) is 13.3 Å². The van der Waals surface area contributed by atoms with Crippen LogP contribution in [0.5, 0.6) is 0 Å². The number of esters is 1. The zero-order valence-electron chi connectivity index (χ0n) is 8.79. The molecule has 1 rings (SSSR count). The van der Waals surface area contributed by atoms with Crippen LogP contribution in [0.4, 0.5) is 8.78 Å². The highest BCUT2D eigenvalue weighted by molar-refractivity contribution is 5.87. The lowest BCUT2D eigenvalue weighted by Crippen LogP contribution is -2.18. The second kappa shape index (κ2) is 5.21. The number of alkyl halides is 2.